The third kappa shape index (κ3) is 4.29. The van der Waals surface area contributed by atoms with Gasteiger partial charge in [-0.15, -0.1) is 0 Å². The predicted octanol–water partition coefficient (Wildman–Crippen LogP) is 5.39. The summed E-state index contributed by atoms with van der Waals surface area (Å²) >= 11 is 0. The van der Waals surface area contributed by atoms with Gasteiger partial charge in [-0.1, -0.05) is 19.9 Å². The van der Waals surface area contributed by atoms with Crippen molar-refractivity contribution in [1.82, 2.24) is 9.88 Å². The molecule has 3 aromatic rings. The van der Waals surface area contributed by atoms with Crippen LogP contribution in [0.5, 0.6) is 0 Å². The number of amides is 1. The Morgan fingerprint density at radius 2 is 1.89 bits per heavy atom. The van der Waals surface area contributed by atoms with Crippen LogP contribution in [0.2, 0.25) is 0 Å². The number of hydrogen-bond acceptors (Lipinski definition) is 4. The van der Waals surface area contributed by atoms with Gasteiger partial charge in [-0.05, 0) is 80.5 Å². The first-order valence-corrected chi connectivity index (χ1v) is 12.2. The third-order valence-corrected chi connectivity index (χ3v) is 7.36. The van der Waals surface area contributed by atoms with Crippen LogP contribution in [0.1, 0.15) is 66.8 Å². The summed E-state index contributed by atoms with van der Waals surface area (Å²) in [6.45, 7) is 4.15. The molecule has 1 amide bonds. The topological polar surface area (TPSA) is 89.5 Å². The highest BCUT2D eigenvalue weighted by Crippen LogP contribution is 2.44. The highest BCUT2D eigenvalue weighted by Gasteiger charge is 2.35. The number of nitrogens with one attached hydrogen (secondary N) is 1. The molecule has 6 nitrogen and oxygen atoms in total. The molecule has 0 radical (unpaired) electrons. The number of carbonyl (C=O) groups is 2. The number of nitrogens with zero attached hydrogens (tertiary/aromatic N) is 2. The SMILES string of the molecule is CNC1CCC(=Nc2cc(-c3c4n(c5cc(F)ccc35)C(=O)CC(C)(C)C4)ccc2C(N)=O)CC1. The Bertz CT molecular complexity index is 1380. The van der Waals surface area contributed by atoms with Crippen LogP contribution < -0.4 is 11.1 Å². The molecule has 3 N–H and O–H groups in total. The fourth-order valence-electron chi connectivity index (χ4n) is 5.60. The van der Waals surface area contributed by atoms with Crippen LogP contribution in [0.3, 0.4) is 0 Å². The smallest absolute Gasteiger partial charge is 0.250 e. The van der Waals surface area contributed by atoms with Gasteiger partial charge in [0.25, 0.3) is 5.91 Å². The molecule has 1 saturated carbocycles. The summed E-state index contributed by atoms with van der Waals surface area (Å²) in [4.78, 5) is 30.3. The number of rotatable bonds is 4. The average molecular weight is 475 g/mol. The minimum Gasteiger partial charge on any atom is -0.366 e. The lowest BCUT2D eigenvalue weighted by atomic mass is 9.80. The van der Waals surface area contributed by atoms with E-state index in [2.05, 4.69) is 19.2 Å². The lowest BCUT2D eigenvalue weighted by molar-refractivity contribution is 0.0816. The molecule has 2 heterocycles. The van der Waals surface area contributed by atoms with Crippen LogP contribution >= 0.6 is 0 Å². The normalized spacial score (nSPS) is 19.6. The molecule has 5 rings (SSSR count). The van der Waals surface area contributed by atoms with Crippen molar-refractivity contribution in [1.29, 1.82) is 0 Å². The number of carbonyl (C=O) groups excluding carboxylic acids is 2. The summed E-state index contributed by atoms with van der Waals surface area (Å²) in [5.74, 6) is -0.939. The Balaban J connectivity index is 1.69. The quantitative estimate of drug-likeness (QED) is 0.531. The highest BCUT2D eigenvalue weighted by atomic mass is 19.1. The van der Waals surface area contributed by atoms with Crippen LogP contribution in [0.25, 0.3) is 22.0 Å². The van der Waals surface area contributed by atoms with Crippen LogP contribution in [0.4, 0.5) is 10.1 Å². The van der Waals surface area contributed by atoms with Gasteiger partial charge in [0.05, 0.1) is 16.8 Å². The first kappa shape index (κ1) is 23.4. The van der Waals surface area contributed by atoms with Gasteiger partial charge in [0.1, 0.15) is 5.82 Å². The van der Waals surface area contributed by atoms with Gasteiger partial charge in [0, 0.05) is 34.8 Å². The molecule has 182 valence electrons. The molecular weight excluding hydrogens is 443 g/mol. The van der Waals surface area contributed by atoms with E-state index in [1.54, 1.807) is 16.7 Å². The molecule has 0 spiro atoms. The van der Waals surface area contributed by atoms with Crippen molar-refractivity contribution in [2.75, 3.05) is 7.05 Å². The maximum atomic E-state index is 14.2. The van der Waals surface area contributed by atoms with E-state index in [1.165, 1.54) is 12.1 Å². The number of halogens is 1. The first-order chi connectivity index (χ1) is 16.7. The van der Waals surface area contributed by atoms with Crippen LogP contribution in [-0.2, 0) is 6.42 Å². The standard InChI is InChI=1S/C28H31FN4O2/c1-28(2)14-24-26(21-11-5-17(29)13-23(21)33(24)25(34)15-28)16-4-10-20(27(30)35)22(12-16)32-19-8-6-18(31-3)7-9-19/h4-5,10-13,18,31H,6-9,14-15H2,1-3H3,(H2,30,35). The van der Waals surface area contributed by atoms with Gasteiger partial charge in [-0.2, -0.15) is 0 Å². The Hall–Kier alpha value is -3.32. The van der Waals surface area contributed by atoms with Gasteiger partial charge in [-0.25, -0.2) is 4.39 Å². The molecule has 1 aliphatic heterocycles. The van der Waals surface area contributed by atoms with Gasteiger partial charge >= 0.3 is 0 Å². The number of primary amides is 1. The number of hydrogen-bond donors (Lipinski definition) is 2. The van der Waals surface area contributed by atoms with Gasteiger partial charge in [0.2, 0.25) is 5.91 Å². The second-order valence-electron chi connectivity index (χ2n) is 10.6. The Morgan fingerprint density at radius 1 is 1.14 bits per heavy atom. The Kier molecular flexibility index (Phi) is 5.83. The van der Waals surface area contributed by atoms with E-state index in [-0.39, 0.29) is 17.1 Å². The zero-order valence-electron chi connectivity index (χ0n) is 20.5. The predicted molar refractivity (Wildman–Crippen MR) is 137 cm³/mol. The van der Waals surface area contributed by atoms with Crippen molar-refractivity contribution >= 4 is 34.1 Å². The van der Waals surface area contributed by atoms with Crippen molar-refractivity contribution in [2.45, 2.75) is 58.4 Å². The zero-order chi connectivity index (χ0) is 24.9. The monoisotopic (exact) mass is 474 g/mol. The molecule has 2 aliphatic rings. The summed E-state index contributed by atoms with van der Waals surface area (Å²) in [6, 6.07) is 10.5. The van der Waals surface area contributed by atoms with Crippen molar-refractivity contribution in [2.24, 2.45) is 16.1 Å². The number of nitrogens with two attached hydrogens (primary N) is 1. The average Bonchev–Trinajstić information content (AvgIpc) is 3.11. The fourth-order valence-corrected chi connectivity index (χ4v) is 5.60. The van der Waals surface area contributed by atoms with Crippen molar-refractivity contribution < 1.29 is 14.0 Å². The summed E-state index contributed by atoms with van der Waals surface area (Å²) in [5.41, 5.74) is 10.6. The second kappa shape index (κ2) is 8.72. The molecule has 0 unspecified atom stereocenters. The van der Waals surface area contributed by atoms with Crippen LogP contribution in [-0.4, -0.2) is 35.2 Å². The largest absolute Gasteiger partial charge is 0.366 e. The molecule has 0 saturated heterocycles. The Labute approximate surface area is 204 Å². The van der Waals surface area contributed by atoms with Gasteiger partial charge < -0.3 is 11.1 Å². The van der Waals surface area contributed by atoms with E-state index in [4.69, 9.17) is 10.7 Å². The Morgan fingerprint density at radius 3 is 2.57 bits per heavy atom. The first-order valence-electron chi connectivity index (χ1n) is 12.2. The molecule has 1 aromatic heterocycles. The van der Waals surface area contributed by atoms with E-state index >= 15 is 0 Å². The summed E-state index contributed by atoms with van der Waals surface area (Å²) in [6.07, 6.45) is 4.80. The van der Waals surface area contributed by atoms with Crippen LogP contribution in [0.15, 0.2) is 41.4 Å². The highest BCUT2D eigenvalue weighted by molar-refractivity contribution is 6.06. The van der Waals surface area contributed by atoms with Crippen molar-refractivity contribution in [3.05, 3.63) is 53.5 Å². The van der Waals surface area contributed by atoms with Gasteiger partial charge in [0.15, 0.2) is 0 Å². The number of fused-ring (bicyclic) bond motifs is 3. The number of benzene rings is 2. The summed E-state index contributed by atoms with van der Waals surface area (Å²) in [7, 11) is 1.97. The lowest BCUT2D eigenvalue weighted by Crippen LogP contribution is -2.31. The maximum Gasteiger partial charge on any atom is 0.250 e. The molecule has 35 heavy (non-hydrogen) atoms. The minimum atomic E-state index is -0.526. The third-order valence-electron chi connectivity index (χ3n) is 7.36. The second-order valence-corrected chi connectivity index (χ2v) is 10.6. The van der Waals surface area contributed by atoms with E-state index < -0.39 is 5.91 Å². The lowest BCUT2D eigenvalue weighted by Gasteiger charge is -2.30. The number of aliphatic imine (C=N–C) groups is 1. The van der Waals surface area contributed by atoms with Crippen LogP contribution in [0, 0.1) is 11.2 Å². The molecule has 0 atom stereocenters. The molecule has 1 fully saturated rings. The molecule has 0 bridgehead atoms. The van der Waals surface area contributed by atoms with E-state index in [1.807, 2.05) is 19.2 Å². The van der Waals surface area contributed by atoms with E-state index in [9.17, 15) is 14.0 Å². The minimum absolute atomic E-state index is 0.0337. The maximum absolute atomic E-state index is 14.2. The van der Waals surface area contributed by atoms with E-state index in [0.717, 1.165) is 53.6 Å². The number of aromatic nitrogens is 1. The summed E-state index contributed by atoms with van der Waals surface area (Å²) in [5, 5.41) is 4.13. The van der Waals surface area contributed by atoms with E-state index in [0.29, 0.717) is 35.7 Å². The van der Waals surface area contributed by atoms with Crippen molar-refractivity contribution in [3.8, 4) is 11.1 Å². The molecular formula is C28H31FN4O2. The molecule has 1 aliphatic carbocycles. The molecule has 7 heteroatoms. The zero-order valence-corrected chi connectivity index (χ0v) is 20.5. The molecule has 2 aromatic carbocycles. The summed E-state index contributed by atoms with van der Waals surface area (Å²) < 4.78 is 15.9. The fraction of sp³-hybridized carbons (Fsp3) is 0.393. The van der Waals surface area contributed by atoms with Gasteiger partial charge in [-0.3, -0.25) is 19.1 Å². The van der Waals surface area contributed by atoms with Crippen molar-refractivity contribution in [3.63, 3.8) is 0 Å².